The summed E-state index contributed by atoms with van der Waals surface area (Å²) in [5, 5.41) is 0. The summed E-state index contributed by atoms with van der Waals surface area (Å²) in [5.41, 5.74) is 1.84. The zero-order valence-electron chi connectivity index (χ0n) is 6.70. The summed E-state index contributed by atoms with van der Waals surface area (Å²) in [6.07, 6.45) is 2.90. The molecule has 0 aliphatic carbocycles. The molecular formula is C7H7FN4O. The highest BCUT2D eigenvalue weighted by molar-refractivity contribution is 5.71. The zero-order valence-corrected chi connectivity index (χ0v) is 6.70. The molecule has 0 fully saturated rings. The number of hydrogen-bond donors (Lipinski definition) is 1. The lowest BCUT2D eigenvalue weighted by molar-refractivity contribution is 0.0450. The molecule has 13 heavy (non-hydrogen) atoms. The Kier molecular flexibility index (Phi) is 2.13. The average molecular weight is 182 g/mol. The molecule has 0 aromatic carbocycles. The van der Waals surface area contributed by atoms with Crippen molar-refractivity contribution in [3.05, 3.63) is 18.3 Å². The first-order valence-corrected chi connectivity index (χ1v) is 3.68. The fraction of sp³-hybridized carbons (Fsp3) is 0.286. The minimum atomic E-state index is -0.823. The number of nitrogens with one attached hydrogen (secondary N) is 1. The molecule has 2 heterocycles. The third-order valence-electron chi connectivity index (χ3n) is 1.61. The first kappa shape index (κ1) is 8.06. The summed E-state index contributed by atoms with van der Waals surface area (Å²) in [4.78, 5) is 14.7. The van der Waals surface area contributed by atoms with Gasteiger partial charge in [0.15, 0.2) is 12.5 Å². The Balaban J connectivity index is 2.37. The lowest BCUT2D eigenvalue weighted by atomic mass is 10.4. The number of H-pyrrole nitrogens is 1. The second-order valence-electron chi connectivity index (χ2n) is 2.38. The van der Waals surface area contributed by atoms with Crippen LogP contribution in [0.4, 0.5) is 4.39 Å². The van der Waals surface area contributed by atoms with Crippen LogP contribution >= 0.6 is 0 Å². The standard InChI is InChI=1S/C7H7FN4O/c8-2-13-1-5-6-7(11-3-9-5)12-4-10-6/h3-4H,1-2H2,(H,9,10,11,12). The average Bonchev–Trinajstić information content (AvgIpc) is 2.62. The van der Waals surface area contributed by atoms with Gasteiger partial charge in [0, 0.05) is 0 Å². The Hall–Kier alpha value is -1.56. The number of aromatic amines is 1. The smallest absolute Gasteiger partial charge is 0.188 e. The van der Waals surface area contributed by atoms with Crippen molar-refractivity contribution in [1.29, 1.82) is 0 Å². The second kappa shape index (κ2) is 3.44. The largest absolute Gasteiger partial charge is 0.344 e. The van der Waals surface area contributed by atoms with E-state index < -0.39 is 6.86 Å². The Morgan fingerprint density at radius 3 is 3.15 bits per heavy atom. The molecule has 0 bridgehead atoms. The maximum Gasteiger partial charge on any atom is 0.188 e. The van der Waals surface area contributed by atoms with Crippen LogP contribution in [0.2, 0.25) is 0 Å². The van der Waals surface area contributed by atoms with E-state index in [0.29, 0.717) is 16.9 Å². The van der Waals surface area contributed by atoms with Gasteiger partial charge in [-0.3, -0.25) is 0 Å². The molecule has 0 unspecified atom stereocenters. The van der Waals surface area contributed by atoms with Crippen molar-refractivity contribution in [2.24, 2.45) is 0 Å². The zero-order chi connectivity index (χ0) is 9.10. The Labute approximate surface area is 73.0 Å². The summed E-state index contributed by atoms with van der Waals surface area (Å²) < 4.78 is 16.3. The summed E-state index contributed by atoms with van der Waals surface area (Å²) >= 11 is 0. The van der Waals surface area contributed by atoms with Gasteiger partial charge in [-0.1, -0.05) is 0 Å². The van der Waals surface area contributed by atoms with Crippen LogP contribution in [0.25, 0.3) is 11.2 Å². The predicted octanol–water partition coefficient (Wildman–Crippen LogP) is 0.796. The molecule has 0 atom stereocenters. The number of rotatable bonds is 3. The maximum absolute atomic E-state index is 11.7. The SMILES string of the molecule is FCOCc1ncnc2[nH]cnc12. The minimum absolute atomic E-state index is 0.111. The molecule has 2 aromatic rings. The molecule has 2 rings (SSSR count). The lowest BCUT2D eigenvalue weighted by Gasteiger charge is -1.98. The van der Waals surface area contributed by atoms with Gasteiger partial charge >= 0.3 is 0 Å². The molecule has 0 saturated heterocycles. The van der Waals surface area contributed by atoms with E-state index in [2.05, 4.69) is 24.7 Å². The van der Waals surface area contributed by atoms with Crippen molar-refractivity contribution in [2.45, 2.75) is 6.61 Å². The van der Waals surface area contributed by atoms with Crippen LogP contribution in [0.15, 0.2) is 12.7 Å². The van der Waals surface area contributed by atoms with E-state index in [1.165, 1.54) is 12.7 Å². The van der Waals surface area contributed by atoms with Crippen LogP contribution in [0.5, 0.6) is 0 Å². The van der Waals surface area contributed by atoms with Crippen LogP contribution in [0, 0.1) is 0 Å². The van der Waals surface area contributed by atoms with E-state index in [1.54, 1.807) is 0 Å². The highest BCUT2D eigenvalue weighted by Crippen LogP contribution is 2.09. The molecule has 0 amide bonds. The third-order valence-corrected chi connectivity index (χ3v) is 1.61. The van der Waals surface area contributed by atoms with Crippen molar-refractivity contribution < 1.29 is 9.13 Å². The van der Waals surface area contributed by atoms with Crippen LogP contribution in [0.3, 0.4) is 0 Å². The Bertz CT molecular complexity index is 402. The van der Waals surface area contributed by atoms with E-state index in [0.717, 1.165) is 0 Å². The molecule has 68 valence electrons. The number of nitrogens with zero attached hydrogens (tertiary/aromatic N) is 3. The van der Waals surface area contributed by atoms with Gasteiger partial charge < -0.3 is 9.72 Å². The number of hydrogen-bond acceptors (Lipinski definition) is 4. The van der Waals surface area contributed by atoms with Gasteiger partial charge in [0.1, 0.15) is 11.8 Å². The number of ether oxygens (including phenoxy) is 1. The van der Waals surface area contributed by atoms with Crippen LogP contribution in [-0.4, -0.2) is 26.8 Å². The van der Waals surface area contributed by atoms with Crippen LogP contribution in [0.1, 0.15) is 5.69 Å². The quantitative estimate of drug-likeness (QED) is 0.762. The highest BCUT2D eigenvalue weighted by Gasteiger charge is 2.05. The van der Waals surface area contributed by atoms with E-state index in [9.17, 15) is 4.39 Å². The van der Waals surface area contributed by atoms with Gasteiger partial charge in [-0.2, -0.15) is 0 Å². The number of imidazole rings is 1. The van der Waals surface area contributed by atoms with Crippen molar-refractivity contribution in [2.75, 3.05) is 6.86 Å². The lowest BCUT2D eigenvalue weighted by Crippen LogP contribution is -1.96. The van der Waals surface area contributed by atoms with Gasteiger partial charge in [0.25, 0.3) is 0 Å². The van der Waals surface area contributed by atoms with Crippen LogP contribution < -0.4 is 0 Å². The van der Waals surface area contributed by atoms with Gasteiger partial charge in [-0.05, 0) is 0 Å². The van der Waals surface area contributed by atoms with Crippen LogP contribution in [-0.2, 0) is 11.3 Å². The molecule has 1 N–H and O–H groups in total. The molecular weight excluding hydrogens is 175 g/mol. The molecule has 0 radical (unpaired) electrons. The first-order chi connectivity index (χ1) is 6.42. The summed E-state index contributed by atoms with van der Waals surface area (Å²) in [6.45, 7) is -0.712. The molecule has 6 heteroatoms. The van der Waals surface area contributed by atoms with E-state index in [-0.39, 0.29) is 6.61 Å². The van der Waals surface area contributed by atoms with Crippen molar-refractivity contribution in [3.63, 3.8) is 0 Å². The number of fused-ring (bicyclic) bond motifs is 1. The first-order valence-electron chi connectivity index (χ1n) is 3.68. The molecule has 2 aromatic heterocycles. The van der Waals surface area contributed by atoms with E-state index >= 15 is 0 Å². The Morgan fingerprint density at radius 2 is 2.31 bits per heavy atom. The minimum Gasteiger partial charge on any atom is -0.344 e. The normalized spacial score (nSPS) is 10.8. The predicted molar refractivity (Wildman–Crippen MR) is 42.4 cm³/mol. The molecule has 0 aliphatic rings. The van der Waals surface area contributed by atoms with Gasteiger partial charge in [0.2, 0.25) is 0 Å². The molecule has 5 nitrogen and oxygen atoms in total. The summed E-state index contributed by atoms with van der Waals surface area (Å²) in [5.74, 6) is 0. The molecule has 0 saturated carbocycles. The summed E-state index contributed by atoms with van der Waals surface area (Å²) in [7, 11) is 0. The fourth-order valence-corrected chi connectivity index (χ4v) is 1.06. The van der Waals surface area contributed by atoms with E-state index in [4.69, 9.17) is 0 Å². The van der Waals surface area contributed by atoms with E-state index in [1.807, 2.05) is 0 Å². The molecule has 0 aliphatic heterocycles. The second-order valence-corrected chi connectivity index (χ2v) is 2.38. The maximum atomic E-state index is 11.7. The fourth-order valence-electron chi connectivity index (χ4n) is 1.06. The molecule has 0 spiro atoms. The topological polar surface area (TPSA) is 63.7 Å². The van der Waals surface area contributed by atoms with Gasteiger partial charge in [-0.15, -0.1) is 0 Å². The Morgan fingerprint density at radius 1 is 1.38 bits per heavy atom. The van der Waals surface area contributed by atoms with Crippen molar-refractivity contribution in [3.8, 4) is 0 Å². The van der Waals surface area contributed by atoms with Crippen molar-refractivity contribution >= 4 is 11.2 Å². The number of halogens is 1. The van der Waals surface area contributed by atoms with Gasteiger partial charge in [0.05, 0.1) is 18.6 Å². The van der Waals surface area contributed by atoms with Crippen molar-refractivity contribution in [1.82, 2.24) is 19.9 Å². The van der Waals surface area contributed by atoms with Gasteiger partial charge in [-0.25, -0.2) is 19.3 Å². The monoisotopic (exact) mass is 182 g/mol. The summed E-state index contributed by atoms with van der Waals surface area (Å²) in [6, 6.07) is 0. The number of alkyl halides is 1. The highest BCUT2D eigenvalue weighted by atomic mass is 19.1. The third kappa shape index (κ3) is 1.48. The number of aromatic nitrogens is 4.